The molecule has 2 rings (SSSR count). The Hall–Kier alpha value is -1.35. The van der Waals surface area contributed by atoms with E-state index in [0.717, 1.165) is 10.9 Å². The Morgan fingerprint density at radius 1 is 1.50 bits per heavy atom. The summed E-state index contributed by atoms with van der Waals surface area (Å²) in [6.45, 7) is 1.92. The molecule has 0 bridgehead atoms. The Bertz CT molecular complexity index is 445. The maximum absolute atomic E-state index is 13.5. The minimum Gasteiger partial charge on any atom is -0.359 e. The minimum atomic E-state index is -0.205. The van der Waals surface area contributed by atoms with Crippen LogP contribution in [0.3, 0.4) is 0 Å². The van der Waals surface area contributed by atoms with Crippen molar-refractivity contribution in [1.82, 2.24) is 4.98 Å². The van der Waals surface area contributed by atoms with Gasteiger partial charge in [-0.2, -0.15) is 0 Å². The van der Waals surface area contributed by atoms with Gasteiger partial charge in [-0.3, -0.25) is 0 Å². The van der Waals surface area contributed by atoms with Crippen molar-refractivity contribution in [1.29, 1.82) is 0 Å². The fourth-order valence-corrected chi connectivity index (χ4v) is 1.67. The Balaban J connectivity index is 2.47. The molecule has 0 aliphatic heterocycles. The lowest BCUT2D eigenvalue weighted by Crippen LogP contribution is -2.17. The van der Waals surface area contributed by atoms with Gasteiger partial charge >= 0.3 is 0 Å². The van der Waals surface area contributed by atoms with Gasteiger partial charge in [0.15, 0.2) is 0 Å². The molecule has 3 heteroatoms. The van der Waals surface area contributed by atoms with E-state index in [1.165, 1.54) is 0 Å². The Labute approximate surface area is 81.9 Å². The molecule has 0 aliphatic carbocycles. The summed E-state index contributed by atoms with van der Waals surface area (Å²) in [6, 6.07) is 5.44. The van der Waals surface area contributed by atoms with Crippen molar-refractivity contribution in [3.8, 4) is 0 Å². The molecule has 2 aromatic rings. The van der Waals surface area contributed by atoms with Gasteiger partial charge in [0.05, 0.1) is 5.52 Å². The molecule has 1 unspecified atom stereocenters. The summed E-state index contributed by atoms with van der Waals surface area (Å²) in [6.07, 6.45) is 2.45. The number of H-pyrrole nitrogens is 1. The first kappa shape index (κ1) is 9.21. The third-order valence-corrected chi connectivity index (χ3v) is 2.23. The zero-order valence-corrected chi connectivity index (χ0v) is 8.05. The molecule has 0 fully saturated rings. The fourth-order valence-electron chi connectivity index (χ4n) is 1.67. The minimum absolute atomic E-state index is 0.0609. The fraction of sp³-hybridized carbons (Fsp3) is 0.273. The second-order valence-electron chi connectivity index (χ2n) is 3.70. The van der Waals surface area contributed by atoms with Crippen molar-refractivity contribution < 1.29 is 4.39 Å². The molecule has 0 saturated heterocycles. The van der Waals surface area contributed by atoms with E-state index in [2.05, 4.69) is 4.98 Å². The van der Waals surface area contributed by atoms with Crippen molar-refractivity contribution in [3.05, 3.63) is 35.8 Å². The number of rotatable bonds is 2. The van der Waals surface area contributed by atoms with Gasteiger partial charge in [-0.1, -0.05) is 0 Å². The molecule has 0 spiro atoms. The second kappa shape index (κ2) is 3.42. The number of aromatic amines is 1. The number of hydrogen-bond donors (Lipinski definition) is 2. The van der Waals surface area contributed by atoms with E-state index < -0.39 is 0 Å². The highest BCUT2D eigenvalue weighted by Crippen LogP contribution is 2.19. The maximum Gasteiger partial charge on any atom is 0.147 e. The molecular formula is C11H13FN2. The van der Waals surface area contributed by atoms with Gasteiger partial charge in [-0.25, -0.2) is 4.39 Å². The molecule has 1 aromatic carbocycles. The zero-order chi connectivity index (χ0) is 10.1. The Morgan fingerprint density at radius 3 is 3.00 bits per heavy atom. The van der Waals surface area contributed by atoms with Crippen molar-refractivity contribution in [3.63, 3.8) is 0 Å². The summed E-state index contributed by atoms with van der Waals surface area (Å²) >= 11 is 0. The first-order chi connectivity index (χ1) is 6.66. The van der Waals surface area contributed by atoms with Crippen LogP contribution in [0.15, 0.2) is 24.4 Å². The van der Waals surface area contributed by atoms with Gasteiger partial charge in [-0.15, -0.1) is 0 Å². The summed E-state index contributed by atoms with van der Waals surface area (Å²) < 4.78 is 13.5. The smallest absolute Gasteiger partial charge is 0.147 e. The van der Waals surface area contributed by atoms with E-state index in [4.69, 9.17) is 5.73 Å². The standard InChI is InChI=1S/C11H13FN2/c1-7(13)4-8-5-9-2-3-14-11(9)10(12)6-8/h2-3,5-7,14H,4,13H2,1H3. The molecule has 1 aromatic heterocycles. The summed E-state index contributed by atoms with van der Waals surface area (Å²) in [5, 5.41) is 0.903. The van der Waals surface area contributed by atoms with Crippen LogP contribution in [0.25, 0.3) is 10.9 Å². The van der Waals surface area contributed by atoms with Gasteiger partial charge in [0, 0.05) is 17.6 Å². The van der Waals surface area contributed by atoms with Gasteiger partial charge in [0.25, 0.3) is 0 Å². The van der Waals surface area contributed by atoms with Crippen LogP contribution in [0.5, 0.6) is 0 Å². The van der Waals surface area contributed by atoms with Crippen LogP contribution in [-0.4, -0.2) is 11.0 Å². The molecule has 74 valence electrons. The zero-order valence-electron chi connectivity index (χ0n) is 8.05. The SMILES string of the molecule is CC(N)Cc1cc(F)c2[nH]ccc2c1. The van der Waals surface area contributed by atoms with Crippen LogP contribution in [0.4, 0.5) is 4.39 Å². The summed E-state index contributed by atoms with van der Waals surface area (Å²) in [7, 11) is 0. The van der Waals surface area contributed by atoms with E-state index in [0.29, 0.717) is 11.9 Å². The molecular weight excluding hydrogens is 179 g/mol. The van der Waals surface area contributed by atoms with Crippen LogP contribution in [-0.2, 0) is 6.42 Å². The Kier molecular flexibility index (Phi) is 2.25. The van der Waals surface area contributed by atoms with E-state index in [9.17, 15) is 4.39 Å². The molecule has 0 amide bonds. The van der Waals surface area contributed by atoms with Crippen molar-refractivity contribution in [2.45, 2.75) is 19.4 Å². The average molecular weight is 192 g/mol. The van der Waals surface area contributed by atoms with Crippen LogP contribution in [0, 0.1) is 5.82 Å². The number of aromatic nitrogens is 1. The van der Waals surface area contributed by atoms with Gasteiger partial charge in [0.1, 0.15) is 5.82 Å². The first-order valence-corrected chi connectivity index (χ1v) is 4.68. The molecule has 2 nitrogen and oxygen atoms in total. The van der Waals surface area contributed by atoms with E-state index >= 15 is 0 Å². The van der Waals surface area contributed by atoms with E-state index in [1.54, 1.807) is 12.3 Å². The number of halogens is 1. The lowest BCUT2D eigenvalue weighted by molar-refractivity contribution is 0.632. The molecule has 0 saturated carbocycles. The van der Waals surface area contributed by atoms with Crippen LogP contribution >= 0.6 is 0 Å². The lowest BCUT2D eigenvalue weighted by Gasteiger charge is -2.05. The molecule has 0 radical (unpaired) electrons. The lowest BCUT2D eigenvalue weighted by atomic mass is 10.1. The highest BCUT2D eigenvalue weighted by atomic mass is 19.1. The highest BCUT2D eigenvalue weighted by Gasteiger charge is 2.05. The number of nitrogens with two attached hydrogens (primary N) is 1. The molecule has 3 N–H and O–H groups in total. The quantitative estimate of drug-likeness (QED) is 0.752. The third-order valence-electron chi connectivity index (χ3n) is 2.23. The van der Waals surface area contributed by atoms with Crippen molar-refractivity contribution in [2.75, 3.05) is 0 Å². The molecule has 0 aliphatic rings. The highest BCUT2D eigenvalue weighted by molar-refractivity contribution is 5.80. The third kappa shape index (κ3) is 1.63. The summed E-state index contributed by atoms with van der Waals surface area (Å²) in [4.78, 5) is 2.86. The molecule has 1 atom stereocenters. The summed E-state index contributed by atoms with van der Waals surface area (Å²) in [5.41, 5.74) is 7.18. The largest absolute Gasteiger partial charge is 0.359 e. The predicted octanol–water partition coefficient (Wildman–Crippen LogP) is 2.20. The number of fused-ring (bicyclic) bond motifs is 1. The normalized spacial score (nSPS) is 13.4. The van der Waals surface area contributed by atoms with Crippen LogP contribution in [0.1, 0.15) is 12.5 Å². The van der Waals surface area contributed by atoms with Crippen LogP contribution < -0.4 is 5.73 Å². The monoisotopic (exact) mass is 192 g/mol. The number of hydrogen-bond acceptors (Lipinski definition) is 1. The molecule has 14 heavy (non-hydrogen) atoms. The van der Waals surface area contributed by atoms with Crippen molar-refractivity contribution in [2.24, 2.45) is 5.73 Å². The van der Waals surface area contributed by atoms with E-state index in [1.807, 2.05) is 19.1 Å². The van der Waals surface area contributed by atoms with Gasteiger partial charge < -0.3 is 10.7 Å². The maximum atomic E-state index is 13.5. The van der Waals surface area contributed by atoms with Crippen LogP contribution in [0.2, 0.25) is 0 Å². The predicted molar refractivity (Wildman–Crippen MR) is 55.6 cm³/mol. The second-order valence-corrected chi connectivity index (χ2v) is 3.70. The Morgan fingerprint density at radius 2 is 2.29 bits per heavy atom. The first-order valence-electron chi connectivity index (χ1n) is 4.68. The van der Waals surface area contributed by atoms with Gasteiger partial charge in [0.2, 0.25) is 0 Å². The summed E-state index contributed by atoms with van der Waals surface area (Å²) in [5.74, 6) is -0.205. The molecule has 1 heterocycles. The number of benzene rings is 1. The number of nitrogens with one attached hydrogen (secondary N) is 1. The average Bonchev–Trinajstić information content (AvgIpc) is 2.50. The van der Waals surface area contributed by atoms with Crippen molar-refractivity contribution >= 4 is 10.9 Å². The van der Waals surface area contributed by atoms with E-state index in [-0.39, 0.29) is 11.9 Å². The van der Waals surface area contributed by atoms with Gasteiger partial charge in [-0.05, 0) is 37.1 Å². The topological polar surface area (TPSA) is 41.8 Å².